The third-order valence-corrected chi connectivity index (χ3v) is 10.7. The summed E-state index contributed by atoms with van der Waals surface area (Å²) in [4.78, 5) is 2.56. The van der Waals surface area contributed by atoms with E-state index in [2.05, 4.69) is 71.0 Å². The molecule has 3 aliphatic rings. The first kappa shape index (κ1) is 26.5. The second-order valence-electron chi connectivity index (χ2n) is 9.70. The fraction of sp³-hybridized carbons (Fsp3) is 0.840. The van der Waals surface area contributed by atoms with Gasteiger partial charge in [-0.2, -0.15) is 0 Å². The van der Waals surface area contributed by atoms with E-state index in [-0.39, 0.29) is 27.4 Å². The second kappa shape index (κ2) is 13.7. The second-order valence-corrected chi connectivity index (χ2v) is 13.3. The predicted octanol–water partition coefficient (Wildman–Crippen LogP) is 7.46. The van der Waals surface area contributed by atoms with E-state index in [0.717, 1.165) is 34.9 Å². The van der Waals surface area contributed by atoms with Crippen LogP contribution in [-0.2, 0) is 19.5 Å². The standard InChI is InChI=1S/C17H34NP.C8H12.Rh/c1-12(2)19(13(3)4)17-15-10-8-7-9-14(15)11-16(17)18(5)6;1-2-4-6-8-7-5-3-1;/h12-17H,7-11H2,1-6H3;1-2,7-8H,3-6H2;/b;2-1-,8-7-;. The number of nitrogens with zero attached hydrogens (tertiary/aromatic N) is 1. The molecule has 2 saturated carbocycles. The Morgan fingerprint density at radius 1 is 0.786 bits per heavy atom. The third-order valence-electron chi connectivity index (χ3n) is 6.88. The van der Waals surface area contributed by atoms with Crippen molar-refractivity contribution in [2.45, 2.75) is 109 Å². The Hall–Kier alpha value is 0.493. The number of hydrogen-bond acceptors (Lipinski definition) is 1. The van der Waals surface area contributed by atoms with Gasteiger partial charge in [0.15, 0.2) is 0 Å². The summed E-state index contributed by atoms with van der Waals surface area (Å²) < 4.78 is 0. The first-order chi connectivity index (χ1) is 12.9. The van der Waals surface area contributed by atoms with Crippen molar-refractivity contribution >= 4 is 7.92 Å². The van der Waals surface area contributed by atoms with Crippen molar-refractivity contribution in [3.8, 4) is 0 Å². The molecule has 3 heteroatoms. The van der Waals surface area contributed by atoms with Crippen LogP contribution in [0.1, 0.15) is 85.5 Å². The minimum absolute atomic E-state index is 0. The van der Waals surface area contributed by atoms with Crippen molar-refractivity contribution in [3.05, 3.63) is 24.3 Å². The topological polar surface area (TPSA) is 3.24 Å². The smallest absolute Gasteiger partial charge is 0.0162 e. The van der Waals surface area contributed by atoms with Crippen molar-refractivity contribution in [1.82, 2.24) is 4.90 Å². The summed E-state index contributed by atoms with van der Waals surface area (Å²) in [5, 5.41) is 0. The van der Waals surface area contributed by atoms with Gasteiger partial charge in [0.25, 0.3) is 0 Å². The van der Waals surface area contributed by atoms with E-state index in [1.807, 2.05) is 0 Å². The van der Waals surface area contributed by atoms with E-state index in [1.165, 1.54) is 57.8 Å². The molecule has 4 unspecified atom stereocenters. The number of allylic oxidation sites excluding steroid dienone is 4. The average molecular weight is 495 g/mol. The van der Waals surface area contributed by atoms with Gasteiger partial charge in [-0.15, -0.1) is 0 Å². The predicted molar refractivity (Wildman–Crippen MR) is 125 cm³/mol. The molecule has 0 amide bonds. The molecule has 0 bridgehead atoms. The van der Waals surface area contributed by atoms with Crippen molar-refractivity contribution in [3.63, 3.8) is 0 Å². The molecule has 165 valence electrons. The summed E-state index contributed by atoms with van der Waals surface area (Å²) >= 11 is 0. The summed E-state index contributed by atoms with van der Waals surface area (Å²) in [6, 6.07) is 0.865. The van der Waals surface area contributed by atoms with Gasteiger partial charge in [0, 0.05) is 25.5 Å². The van der Waals surface area contributed by atoms with Crippen molar-refractivity contribution in [2.24, 2.45) is 11.8 Å². The normalized spacial score (nSPS) is 32.2. The maximum absolute atomic E-state index is 2.56. The van der Waals surface area contributed by atoms with Gasteiger partial charge in [-0.3, -0.25) is 0 Å². The molecule has 1 nitrogen and oxygen atoms in total. The molecule has 0 aromatic rings. The molecular formula is C25H46NPRh. The average Bonchev–Trinajstić information content (AvgIpc) is 2.94. The number of fused-ring (bicyclic) bond motifs is 1. The molecule has 3 aliphatic carbocycles. The Morgan fingerprint density at radius 3 is 1.68 bits per heavy atom. The zero-order valence-electron chi connectivity index (χ0n) is 19.4. The molecule has 2 fully saturated rings. The zero-order chi connectivity index (χ0) is 19.8. The van der Waals surface area contributed by atoms with Crippen molar-refractivity contribution in [1.29, 1.82) is 0 Å². The Bertz CT molecular complexity index is 435. The molecule has 0 aromatic heterocycles. The largest absolute Gasteiger partial charge is 0.306 e. The van der Waals surface area contributed by atoms with Crippen LogP contribution in [0.5, 0.6) is 0 Å². The fourth-order valence-electron chi connectivity index (χ4n) is 5.79. The van der Waals surface area contributed by atoms with Gasteiger partial charge in [-0.1, -0.05) is 79.2 Å². The summed E-state index contributed by atoms with van der Waals surface area (Å²) in [5.74, 6) is 2.10. The Morgan fingerprint density at radius 2 is 1.25 bits per heavy atom. The van der Waals surface area contributed by atoms with Crippen molar-refractivity contribution in [2.75, 3.05) is 14.1 Å². The van der Waals surface area contributed by atoms with Crippen LogP contribution in [0.2, 0.25) is 0 Å². The molecule has 3 rings (SSSR count). The Balaban J connectivity index is 0.000000367. The molecule has 0 saturated heterocycles. The van der Waals surface area contributed by atoms with Crippen LogP contribution in [-0.4, -0.2) is 42.0 Å². The monoisotopic (exact) mass is 494 g/mol. The number of rotatable bonds is 4. The van der Waals surface area contributed by atoms with E-state index in [4.69, 9.17) is 0 Å². The molecule has 1 radical (unpaired) electrons. The summed E-state index contributed by atoms with van der Waals surface area (Å²) in [7, 11) is 4.81. The van der Waals surface area contributed by atoms with Crippen LogP contribution < -0.4 is 0 Å². The van der Waals surface area contributed by atoms with Crippen molar-refractivity contribution < 1.29 is 19.5 Å². The van der Waals surface area contributed by atoms with E-state index in [1.54, 1.807) is 0 Å². The van der Waals surface area contributed by atoms with E-state index < -0.39 is 0 Å². The van der Waals surface area contributed by atoms with Gasteiger partial charge < -0.3 is 4.90 Å². The maximum Gasteiger partial charge on any atom is 0.0162 e. The summed E-state index contributed by atoms with van der Waals surface area (Å²) in [6.45, 7) is 9.92. The fourth-order valence-corrected chi connectivity index (χ4v) is 9.98. The summed E-state index contributed by atoms with van der Waals surface area (Å²) in [5.41, 5.74) is 2.79. The third kappa shape index (κ3) is 7.63. The molecule has 28 heavy (non-hydrogen) atoms. The first-order valence-electron chi connectivity index (χ1n) is 11.7. The van der Waals surface area contributed by atoms with Gasteiger partial charge in [-0.25, -0.2) is 0 Å². The van der Waals surface area contributed by atoms with E-state index in [0.29, 0.717) is 0 Å². The maximum atomic E-state index is 2.56. The van der Waals surface area contributed by atoms with Crippen LogP contribution in [0.15, 0.2) is 24.3 Å². The minimum atomic E-state index is 0. The van der Waals surface area contributed by atoms with Crippen LogP contribution in [0.4, 0.5) is 0 Å². The molecule has 0 heterocycles. The molecule has 0 aromatic carbocycles. The SMILES string of the molecule is C1=C\CC/C=C\CC/1.CC(C)P(C(C)C)C1C2CCCCC2CC1N(C)C.[Rh]. The van der Waals surface area contributed by atoms with Gasteiger partial charge in [0.05, 0.1) is 0 Å². The minimum Gasteiger partial charge on any atom is -0.306 e. The van der Waals surface area contributed by atoms with Gasteiger partial charge in [-0.05, 0) is 81.4 Å². The van der Waals surface area contributed by atoms with Crippen LogP contribution in [0.3, 0.4) is 0 Å². The van der Waals surface area contributed by atoms with Crippen LogP contribution in [0, 0.1) is 11.8 Å². The zero-order valence-corrected chi connectivity index (χ0v) is 21.9. The molecule has 0 aliphatic heterocycles. The van der Waals surface area contributed by atoms with E-state index in [9.17, 15) is 0 Å². The summed E-state index contributed by atoms with van der Waals surface area (Å²) in [6.07, 6.45) is 21.5. The molecule has 0 spiro atoms. The Kier molecular flexibility index (Phi) is 13.0. The van der Waals surface area contributed by atoms with Gasteiger partial charge in [0.2, 0.25) is 0 Å². The Labute approximate surface area is 190 Å². The van der Waals surface area contributed by atoms with Crippen LogP contribution >= 0.6 is 7.92 Å². The molecule has 0 N–H and O–H groups in total. The quantitative estimate of drug-likeness (QED) is 0.223. The molecular weight excluding hydrogens is 448 g/mol. The first-order valence-corrected chi connectivity index (χ1v) is 13.2. The van der Waals surface area contributed by atoms with E-state index >= 15 is 0 Å². The van der Waals surface area contributed by atoms with Gasteiger partial charge in [0.1, 0.15) is 0 Å². The van der Waals surface area contributed by atoms with Gasteiger partial charge >= 0.3 is 0 Å². The number of hydrogen-bond donors (Lipinski definition) is 0. The molecule has 4 atom stereocenters. The van der Waals surface area contributed by atoms with Crippen LogP contribution in [0.25, 0.3) is 0 Å².